The topological polar surface area (TPSA) is 9.23 Å². The van der Waals surface area contributed by atoms with Crippen molar-refractivity contribution in [2.24, 2.45) is 17.8 Å². The van der Waals surface area contributed by atoms with Crippen molar-refractivity contribution < 1.29 is 13.5 Å². The Morgan fingerprint density at radius 3 is 2.07 bits per heavy atom. The second kappa shape index (κ2) is 10.6. The highest BCUT2D eigenvalue weighted by Gasteiger charge is 2.32. The summed E-state index contributed by atoms with van der Waals surface area (Å²) < 4.78 is 34.6. The van der Waals surface area contributed by atoms with E-state index in [0.29, 0.717) is 12.2 Å². The first-order chi connectivity index (χ1) is 13.6. The van der Waals surface area contributed by atoms with Gasteiger partial charge in [-0.25, -0.2) is 4.39 Å². The Morgan fingerprint density at radius 1 is 0.821 bits per heavy atom. The number of benzene rings is 1. The fourth-order valence-electron chi connectivity index (χ4n) is 5.48. The molecule has 0 aliphatic heterocycles. The second-order valence-electron chi connectivity index (χ2n) is 9.14. The van der Waals surface area contributed by atoms with Crippen LogP contribution in [0.15, 0.2) is 12.1 Å². The van der Waals surface area contributed by atoms with Crippen LogP contribution < -0.4 is 4.74 Å². The van der Waals surface area contributed by atoms with Gasteiger partial charge in [-0.15, -0.1) is 0 Å². The minimum Gasteiger partial charge on any atom is -0.490 e. The van der Waals surface area contributed by atoms with Crippen LogP contribution in [0.1, 0.15) is 102 Å². The molecule has 1 aromatic rings. The number of hydrogen-bond acceptors (Lipinski definition) is 1. The molecule has 0 radical (unpaired) electrons. The van der Waals surface area contributed by atoms with E-state index in [1.807, 2.05) is 0 Å². The molecule has 0 N–H and O–H groups in total. The van der Waals surface area contributed by atoms with Crippen LogP contribution in [0, 0.1) is 29.4 Å². The van der Waals surface area contributed by atoms with Crippen molar-refractivity contribution in [3.05, 3.63) is 29.3 Å². The summed E-state index contributed by atoms with van der Waals surface area (Å²) in [5.41, 5.74) is 0.562. The fourth-order valence-corrected chi connectivity index (χ4v) is 5.48. The predicted octanol–water partition coefficient (Wildman–Crippen LogP) is 8.02. The molecule has 0 bridgehead atoms. The first-order valence-electron chi connectivity index (χ1n) is 11.7. The van der Waals surface area contributed by atoms with Crippen LogP contribution in [-0.2, 0) is 0 Å². The molecule has 0 saturated heterocycles. The summed E-state index contributed by atoms with van der Waals surface area (Å²) in [6, 6.07) is 3.41. The third kappa shape index (κ3) is 5.27. The lowest BCUT2D eigenvalue weighted by Crippen LogP contribution is -2.25. The van der Waals surface area contributed by atoms with E-state index in [9.17, 15) is 8.78 Å². The number of ether oxygens (including phenoxy) is 1. The van der Waals surface area contributed by atoms with Gasteiger partial charge in [0.05, 0.1) is 6.61 Å². The molecule has 2 aliphatic rings. The van der Waals surface area contributed by atoms with Crippen LogP contribution >= 0.6 is 0 Å². The molecular weight excluding hydrogens is 354 g/mol. The van der Waals surface area contributed by atoms with E-state index in [1.165, 1.54) is 44.9 Å². The maximum atomic E-state index is 14.7. The molecule has 0 atom stereocenters. The largest absolute Gasteiger partial charge is 0.490 e. The molecule has 158 valence electrons. The SMILES string of the molecule is CCCCCOc1ccc(C2CCC(C3CCC(CC)CC3)CC2)c(F)c1F. The van der Waals surface area contributed by atoms with E-state index in [4.69, 9.17) is 4.74 Å². The molecule has 0 unspecified atom stereocenters. The van der Waals surface area contributed by atoms with Gasteiger partial charge < -0.3 is 4.74 Å². The number of hydrogen-bond donors (Lipinski definition) is 0. The Kier molecular flexibility index (Phi) is 8.17. The molecule has 28 heavy (non-hydrogen) atoms. The van der Waals surface area contributed by atoms with Crippen molar-refractivity contribution in [3.63, 3.8) is 0 Å². The third-order valence-corrected chi connectivity index (χ3v) is 7.43. The van der Waals surface area contributed by atoms with E-state index in [0.717, 1.165) is 49.9 Å². The van der Waals surface area contributed by atoms with Crippen LogP contribution in [-0.4, -0.2) is 6.61 Å². The first kappa shape index (κ1) is 21.6. The summed E-state index contributed by atoms with van der Waals surface area (Å²) in [5, 5.41) is 0. The minimum absolute atomic E-state index is 0.0683. The fraction of sp³-hybridized carbons (Fsp3) is 0.760. The zero-order valence-electron chi connectivity index (χ0n) is 17.8. The number of unbranched alkanes of at least 4 members (excludes halogenated alkanes) is 2. The average molecular weight is 393 g/mol. The highest BCUT2D eigenvalue weighted by molar-refractivity contribution is 5.33. The smallest absolute Gasteiger partial charge is 0.200 e. The van der Waals surface area contributed by atoms with Gasteiger partial charge >= 0.3 is 0 Å². The van der Waals surface area contributed by atoms with Gasteiger partial charge in [0.25, 0.3) is 0 Å². The van der Waals surface area contributed by atoms with Crippen molar-refractivity contribution in [2.45, 2.75) is 96.8 Å². The molecule has 3 heteroatoms. The Hall–Kier alpha value is -1.12. The van der Waals surface area contributed by atoms with E-state index >= 15 is 0 Å². The van der Waals surface area contributed by atoms with Crippen LogP contribution in [0.25, 0.3) is 0 Å². The Balaban J connectivity index is 1.53. The molecule has 1 nitrogen and oxygen atoms in total. The molecular formula is C25H38F2O. The van der Waals surface area contributed by atoms with Gasteiger partial charge in [-0.2, -0.15) is 4.39 Å². The summed E-state index contributed by atoms with van der Waals surface area (Å²) in [5.74, 6) is 1.35. The Morgan fingerprint density at radius 2 is 1.46 bits per heavy atom. The van der Waals surface area contributed by atoms with Crippen LogP contribution in [0.2, 0.25) is 0 Å². The minimum atomic E-state index is -0.797. The zero-order chi connectivity index (χ0) is 19.9. The summed E-state index contributed by atoms with van der Waals surface area (Å²) in [6.07, 6.45) is 14.2. The van der Waals surface area contributed by atoms with Gasteiger partial charge in [0.2, 0.25) is 5.82 Å². The van der Waals surface area contributed by atoms with Gasteiger partial charge in [0.15, 0.2) is 11.6 Å². The highest BCUT2D eigenvalue weighted by atomic mass is 19.2. The van der Waals surface area contributed by atoms with E-state index < -0.39 is 11.6 Å². The molecule has 0 aromatic heterocycles. The Labute approximate surface area is 170 Å². The molecule has 2 saturated carbocycles. The van der Waals surface area contributed by atoms with E-state index in [2.05, 4.69) is 13.8 Å². The molecule has 0 spiro atoms. The molecule has 1 aromatic carbocycles. The number of halogens is 2. The van der Waals surface area contributed by atoms with Crippen LogP contribution in [0.5, 0.6) is 5.75 Å². The van der Waals surface area contributed by atoms with Crippen molar-refractivity contribution in [1.29, 1.82) is 0 Å². The third-order valence-electron chi connectivity index (χ3n) is 7.43. The van der Waals surface area contributed by atoms with Gasteiger partial charge in [0.1, 0.15) is 0 Å². The molecule has 2 aliphatic carbocycles. The van der Waals surface area contributed by atoms with E-state index in [1.54, 1.807) is 12.1 Å². The maximum Gasteiger partial charge on any atom is 0.200 e. The summed E-state index contributed by atoms with van der Waals surface area (Å²) in [7, 11) is 0. The molecule has 0 heterocycles. The quantitative estimate of drug-likeness (QED) is 0.407. The summed E-state index contributed by atoms with van der Waals surface area (Å²) in [4.78, 5) is 0. The lowest BCUT2D eigenvalue weighted by atomic mass is 9.68. The predicted molar refractivity (Wildman–Crippen MR) is 112 cm³/mol. The van der Waals surface area contributed by atoms with Gasteiger partial charge in [-0.1, -0.05) is 52.0 Å². The molecule has 2 fully saturated rings. The molecule has 3 rings (SSSR count). The first-order valence-corrected chi connectivity index (χ1v) is 11.7. The lowest BCUT2D eigenvalue weighted by molar-refractivity contribution is 0.158. The normalized spacial score (nSPS) is 28.3. The van der Waals surface area contributed by atoms with Crippen molar-refractivity contribution >= 4 is 0 Å². The molecule has 0 amide bonds. The number of rotatable bonds is 8. The van der Waals surface area contributed by atoms with Crippen molar-refractivity contribution in [2.75, 3.05) is 6.61 Å². The van der Waals surface area contributed by atoms with Gasteiger partial charge in [-0.05, 0) is 80.2 Å². The lowest BCUT2D eigenvalue weighted by Gasteiger charge is -2.38. The standard InChI is InChI=1S/C25H38F2O/c1-3-5-6-17-28-23-16-15-22(24(26)25(23)27)21-13-11-20(12-14-21)19-9-7-18(4-2)8-10-19/h15-16,18-21H,3-14,17H2,1-2H3. The highest BCUT2D eigenvalue weighted by Crippen LogP contribution is 2.45. The van der Waals surface area contributed by atoms with Crippen molar-refractivity contribution in [3.8, 4) is 5.75 Å². The monoisotopic (exact) mass is 392 g/mol. The van der Waals surface area contributed by atoms with Gasteiger partial charge in [-0.3, -0.25) is 0 Å². The maximum absolute atomic E-state index is 14.7. The van der Waals surface area contributed by atoms with Crippen molar-refractivity contribution in [1.82, 2.24) is 0 Å². The average Bonchev–Trinajstić information content (AvgIpc) is 2.74. The summed E-state index contributed by atoms with van der Waals surface area (Å²) >= 11 is 0. The van der Waals surface area contributed by atoms with Gasteiger partial charge in [0, 0.05) is 0 Å². The Bertz CT molecular complexity index is 599. The van der Waals surface area contributed by atoms with Crippen LogP contribution in [0.4, 0.5) is 8.78 Å². The summed E-state index contributed by atoms with van der Waals surface area (Å²) in [6.45, 7) is 4.88. The zero-order valence-corrected chi connectivity index (χ0v) is 17.8. The van der Waals surface area contributed by atoms with Crippen LogP contribution in [0.3, 0.4) is 0 Å². The second-order valence-corrected chi connectivity index (χ2v) is 9.14. The van der Waals surface area contributed by atoms with E-state index in [-0.39, 0.29) is 11.7 Å².